The van der Waals surface area contributed by atoms with Crippen LogP contribution in [0.25, 0.3) is 0 Å². The predicted octanol–water partition coefficient (Wildman–Crippen LogP) is 3.33. The fourth-order valence-electron chi connectivity index (χ4n) is 2.65. The summed E-state index contributed by atoms with van der Waals surface area (Å²) < 4.78 is 5.46. The van der Waals surface area contributed by atoms with E-state index in [1.165, 1.54) is 11.3 Å². The Morgan fingerprint density at radius 1 is 1.53 bits per heavy atom. The zero-order valence-corrected chi connectivity index (χ0v) is 11.9. The van der Waals surface area contributed by atoms with Crippen LogP contribution in [0.1, 0.15) is 45.0 Å². The highest BCUT2D eigenvalue weighted by Crippen LogP contribution is 2.34. The van der Waals surface area contributed by atoms with Gasteiger partial charge in [-0.05, 0) is 38.8 Å². The highest BCUT2D eigenvalue weighted by molar-refractivity contribution is 7.13. The van der Waals surface area contributed by atoms with Crippen molar-refractivity contribution in [3.05, 3.63) is 39.7 Å². The van der Waals surface area contributed by atoms with E-state index in [9.17, 15) is 4.79 Å². The number of carbonyl (C=O) groups excluding carboxylic acids is 1. The third-order valence-corrected chi connectivity index (χ3v) is 4.54. The molecule has 1 saturated heterocycles. The number of aryl methyl sites for hydroxylation is 2. The largest absolute Gasteiger partial charge is 0.467 e. The van der Waals surface area contributed by atoms with Crippen LogP contribution in [0.2, 0.25) is 0 Å². The Morgan fingerprint density at radius 3 is 3.00 bits per heavy atom. The summed E-state index contributed by atoms with van der Waals surface area (Å²) in [6.45, 7) is 4.62. The number of nitrogens with zero attached hydrogens (tertiary/aromatic N) is 2. The highest BCUT2D eigenvalue weighted by Gasteiger charge is 2.33. The molecule has 4 nitrogen and oxygen atoms in total. The molecule has 1 atom stereocenters. The standard InChI is InChI=1S/C14H16N2O2S/c1-9-13(19-10(2)15-9)14(17)16-7-3-5-11(16)12-6-4-8-18-12/h4,6,8,11H,3,5,7H2,1-2H3/t11-/m1/s1. The molecule has 3 heterocycles. The first-order valence-corrected chi connectivity index (χ1v) is 7.27. The smallest absolute Gasteiger partial charge is 0.266 e. The molecule has 3 rings (SSSR count). The fraction of sp³-hybridized carbons (Fsp3) is 0.429. The van der Waals surface area contributed by atoms with E-state index in [1.807, 2.05) is 30.9 Å². The highest BCUT2D eigenvalue weighted by atomic mass is 32.1. The van der Waals surface area contributed by atoms with Gasteiger partial charge in [0, 0.05) is 6.54 Å². The van der Waals surface area contributed by atoms with E-state index >= 15 is 0 Å². The van der Waals surface area contributed by atoms with Gasteiger partial charge >= 0.3 is 0 Å². The Kier molecular flexibility index (Phi) is 3.14. The molecule has 0 aliphatic carbocycles. The maximum absolute atomic E-state index is 12.6. The predicted molar refractivity (Wildman–Crippen MR) is 73.3 cm³/mol. The number of rotatable bonds is 2. The van der Waals surface area contributed by atoms with Crippen LogP contribution in [0.3, 0.4) is 0 Å². The van der Waals surface area contributed by atoms with Crippen molar-refractivity contribution >= 4 is 17.2 Å². The van der Waals surface area contributed by atoms with Crippen molar-refractivity contribution < 1.29 is 9.21 Å². The molecule has 0 radical (unpaired) electrons. The molecule has 5 heteroatoms. The quantitative estimate of drug-likeness (QED) is 0.845. The van der Waals surface area contributed by atoms with Gasteiger partial charge in [0.2, 0.25) is 0 Å². The van der Waals surface area contributed by atoms with Crippen LogP contribution in [0, 0.1) is 13.8 Å². The molecule has 0 unspecified atom stereocenters. The van der Waals surface area contributed by atoms with Gasteiger partial charge in [-0.2, -0.15) is 0 Å². The summed E-state index contributed by atoms with van der Waals surface area (Å²) in [7, 11) is 0. The van der Waals surface area contributed by atoms with Crippen LogP contribution < -0.4 is 0 Å². The average molecular weight is 276 g/mol. The van der Waals surface area contributed by atoms with Crippen molar-refractivity contribution in [1.29, 1.82) is 0 Å². The Hall–Kier alpha value is -1.62. The summed E-state index contributed by atoms with van der Waals surface area (Å²) >= 11 is 1.48. The maximum Gasteiger partial charge on any atom is 0.266 e. The minimum atomic E-state index is 0.0734. The minimum Gasteiger partial charge on any atom is -0.467 e. The number of hydrogen-bond acceptors (Lipinski definition) is 4. The number of furan rings is 1. The lowest BCUT2D eigenvalue weighted by Gasteiger charge is -2.22. The van der Waals surface area contributed by atoms with Gasteiger partial charge in [-0.15, -0.1) is 11.3 Å². The molecule has 1 amide bonds. The molecule has 1 fully saturated rings. The van der Waals surface area contributed by atoms with Crippen molar-refractivity contribution in [2.24, 2.45) is 0 Å². The summed E-state index contributed by atoms with van der Waals surface area (Å²) in [5.41, 5.74) is 0.831. The fourth-order valence-corrected chi connectivity index (χ4v) is 3.52. The molecule has 0 bridgehead atoms. The zero-order chi connectivity index (χ0) is 13.4. The zero-order valence-electron chi connectivity index (χ0n) is 11.0. The first-order valence-electron chi connectivity index (χ1n) is 6.45. The van der Waals surface area contributed by atoms with Crippen LogP contribution in [0.4, 0.5) is 0 Å². The number of hydrogen-bond donors (Lipinski definition) is 0. The van der Waals surface area contributed by atoms with Crippen LogP contribution >= 0.6 is 11.3 Å². The summed E-state index contributed by atoms with van der Waals surface area (Å²) in [5, 5.41) is 0.939. The molecule has 0 N–H and O–H groups in total. The van der Waals surface area contributed by atoms with Gasteiger partial charge in [-0.25, -0.2) is 4.98 Å². The van der Waals surface area contributed by atoms with Crippen molar-refractivity contribution in [2.75, 3.05) is 6.54 Å². The van der Waals surface area contributed by atoms with E-state index in [4.69, 9.17) is 4.42 Å². The number of likely N-dealkylation sites (tertiary alicyclic amines) is 1. The molecule has 2 aromatic heterocycles. The number of carbonyl (C=O) groups is 1. The van der Waals surface area contributed by atoms with Crippen molar-refractivity contribution in [3.8, 4) is 0 Å². The molecule has 2 aromatic rings. The van der Waals surface area contributed by atoms with Gasteiger partial charge in [-0.1, -0.05) is 0 Å². The molecular weight excluding hydrogens is 260 g/mol. The summed E-state index contributed by atoms with van der Waals surface area (Å²) in [6.07, 6.45) is 3.66. The van der Waals surface area contributed by atoms with E-state index in [2.05, 4.69) is 4.98 Å². The second-order valence-corrected chi connectivity index (χ2v) is 6.02. The van der Waals surface area contributed by atoms with Gasteiger partial charge in [0.05, 0.1) is 23.0 Å². The molecule has 1 aliphatic heterocycles. The SMILES string of the molecule is Cc1nc(C)c(C(=O)N2CCC[C@@H]2c2ccco2)s1. The number of thiazole rings is 1. The molecule has 0 spiro atoms. The third-order valence-electron chi connectivity index (χ3n) is 3.48. The van der Waals surface area contributed by atoms with Crippen molar-refractivity contribution in [1.82, 2.24) is 9.88 Å². The van der Waals surface area contributed by atoms with Crippen LogP contribution in [0.15, 0.2) is 22.8 Å². The van der Waals surface area contributed by atoms with Crippen LogP contribution in [-0.2, 0) is 0 Å². The minimum absolute atomic E-state index is 0.0734. The Balaban J connectivity index is 1.89. The number of amides is 1. The molecular formula is C14H16N2O2S. The summed E-state index contributed by atoms with van der Waals surface area (Å²) in [5.74, 6) is 0.965. The van der Waals surface area contributed by atoms with Gasteiger partial charge < -0.3 is 9.32 Å². The van der Waals surface area contributed by atoms with Gasteiger partial charge in [-0.3, -0.25) is 4.79 Å². The molecule has 0 saturated carbocycles. The van der Waals surface area contributed by atoms with E-state index in [0.717, 1.165) is 40.7 Å². The second-order valence-electron chi connectivity index (χ2n) is 4.82. The summed E-state index contributed by atoms with van der Waals surface area (Å²) in [6, 6.07) is 3.89. The van der Waals surface area contributed by atoms with Crippen LogP contribution in [0.5, 0.6) is 0 Å². The molecule has 1 aliphatic rings. The van der Waals surface area contributed by atoms with Gasteiger partial charge in [0.1, 0.15) is 10.6 Å². The van der Waals surface area contributed by atoms with Gasteiger partial charge in [0.25, 0.3) is 5.91 Å². The lowest BCUT2D eigenvalue weighted by atomic mass is 10.1. The first-order chi connectivity index (χ1) is 9.16. The van der Waals surface area contributed by atoms with E-state index in [1.54, 1.807) is 6.26 Å². The van der Waals surface area contributed by atoms with Crippen LogP contribution in [-0.4, -0.2) is 22.3 Å². The topological polar surface area (TPSA) is 46.3 Å². The lowest BCUT2D eigenvalue weighted by molar-refractivity contribution is 0.0724. The van der Waals surface area contributed by atoms with Crippen molar-refractivity contribution in [3.63, 3.8) is 0 Å². The van der Waals surface area contributed by atoms with E-state index in [-0.39, 0.29) is 11.9 Å². The molecule has 19 heavy (non-hydrogen) atoms. The average Bonchev–Trinajstić information content (AvgIpc) is 3.06. The normalized spacial score (nSPS) is 19.1. The van der Waals surface area contributed by atoms with E-state index in [0.29, 0.717) is 0 Å². The lowest BCUT2D eigenvalue weighted by Crippen LogP contribution is -2.30. The Labute approximate surface area is 116 Å². The summed E-state index contributed by atoms with van der Waals surface area (Å²) in [4.78, 5) is 19.7. The van der Waals surface area contributed by atoms with E-state index < -0.39 is 0 Å². The Bertz CT molecular complexity index is 589. The van der Waals surface area contributed by atoms with Crippen molar-refractivity contribution in [2.45, 2.75) is 32.7 Å². The second kappa shape index (κ2) is 4.81. The maximum atomic E-state index is 12.6. The third kappa shape index (κ3) is 2.18. The monoisotopic (exact) mass is 276 g/mol. The van der Waals surface area contributed by atoms with Gasteiger partial charge in [0.15, 0.2) is 0 Å². The molecule has 100 valence electrons. The number of aromatic nitrogens is 1. The molecule has 0 aromatic carbocycles. The first kappa shape index (κ1) is 12.4. The Morgan fingerprint density at radius 2 is 2.37 bits per heavy atom.